The fourth-order valence-corrected chi connectivity index (χ4v) is 2.17. The summed E-state index contributed by atoms with van der Waals surface area (Å²) >= 11 is 5.14. The highest BCUT2D eigenvalue weighted by molar-refractivity contribution is 7.71. The Labute approximate surface area is 114 Å². The third kappa shape index (κ3) is 2.81. The Morgan fingerprint density at radius 1 is 1.32 bits per heavy atom. The number of hydrogen-bond donors (Lipinski definition) is 1. The Hall–Kier alpha value is -1.76. The number of H-pyrrole nitrogens is 1. The van der Waals surface area contributed by atoms with E-state index < -0.39 is 6.61 Å². The molecule has 1 aromatic heterocycles. The molecule has 0 saturated carbocycles. The van der Waals surface area contributed by atoms with Gasteiger partial charge in [-0.05, 0) is 38.2 Å². The van der Waals surface area contributed by atoms with E-state index in [4.69, 9.17) is 12.2 Å². The lowest BCUT2D eigenvalue weighted by atomic mass is 10.2. The molecule has 0 unspecified atom stereocenters. The highest BCUT2D eigenvalue weighted by atomic mass is 32.1. The van der Waals surface area contributed by atoms with Crippen LogP contribution in [0.3, 0.4) is 0 Å². The van der Waals surface area contributed by atoms with Crippen molar-refractivity contribution < 1.29 is 13.5 Å². The zero-order valence-electron chi connectivity index (χ0n) is 10.4. The Morgan fingerprint density at radius 3 is 2.63 bits per heavy atom. The second-order valence-electron chi connectivity index (χ2n) is 4.19. The minimum atomic E-state index is -2.88. The molecule has 0 aliphatic rings. The van der Waals surface area contributed by atoms with E-state index in [1.165, 1.54) is 6.07 Å². The fourth-order valence-electron chi connectivity index (χ4n) is 1.82. The molecule has 0 spiro atoms. The van der Waals surface area contributed by atoms with E-state index in [1.807, 2.05) is 13.8 Å². The number of ether oxygens (including phenoxy) is 1. The van der Waals surface area contributed by atoms with E-state index in [0.717, 1.165) is 0 Å². The Morgan fingerprint density at radius 2 is 2.00 bits per heavy atom. The Balaban J connectivity index is 2.56. The quantitative estimate of drug-likeness (QED) is 0.869. The monoisotopic (exact) mass is 285 g/mol. The van der Waals surface area contributed by atoms with Crippen molar-refractivity contribution in [2.75, 3.05) is 0 Å². The van der Waals surface area contributed by atoms with Crippen LogP contribution in [0.5, 0.6) is 5.75 Å². The van der Waals surface area contributed by atoms with Crippen molar-refractivity contribution in [3.63, 3.8) is 0 Å². The van der Waals surface area contributed by atoms with Crippen LogP contribution in [0.2, 0.25) is 0 Å². The molecule has 2 rings (SSSR count). The molecule has 4 nitrogen and oxygen atoms in total. The van der Waals surface area contributed by atoms with Gasteiger partial charge in [0.1, 0.15) is 5.75 Å². The number of hydrogen-bond acceptors (Lipinski definition) is 3. The van der Waals surface area contributed by atoms with Crippen molar-refractivity contribution in [3.05, 3.63) is 29.0 Å². The maximum atomic E-state index is 12.4. The number of nitrogens with zero attached hydrogens (tertiary/aromatic N) is 2. The summed E-state index contributed by atoms with van der Waals surface area (Å²) in [6.07, 6.45) is 0. The van der Waals surface area contributed by atoms with Crippen molar-refractivity contribution in [1.29, 1.82) is 0 Å². The standard InChI is InChI=1S/C12H13F2N3OS/c1-7(2)17-10(15-16-12(17)19)8-5-3-4-6-9(8)18-11(13)14/h3-7,11H,1-2H3,(H,16,19). The van der Waals surface area contributed by atoms with Gasteiger partial charge in [-0.15, -0.1) is 0 Å². The fraction of sp³-hybridized carbons (Fsp3) is 0.333. The van der Waals surface area contributed by atoms with Crippen LogP contribution in [0.15, 0.2) is 24.3 Å². The van der Waals surface area contributed by atoms with Crippen LogP contribution in [0.4, 0.5) is 8.78 Å². The van der Waals surface area contributed by atoms with E-state index in [1.54, 1.807) is 22.8 Å². The molecule has 1 heterocycles. The zero-order valence-corrected chi connectivity index (χ0v) is 11.2. The maximum Gasteiger partial charge on any atom is 0.387 e. The molecule has 19 heavy (non-hydrogen) atoms. The van der Waals surface area contributed by atoms with Gasteiger partial charge < -0.3 is 4.74 Å². The average molecular weight is 285 g/mol. The summed E-state index contributed by atoms with van der Waals surface area (Å²) in [5, 5.41) is 6.77. The predicted octanol–water partition coefficient (Wildman–Crippen LogP) is 3.79. The van der Waals surface area contributed by atoms with Crippen LogP contribution in [-0.2, 0) is 0 Å². The summed E-state index contributed by atoms with van der Waals surface area (Å²) in [4.78, 5) is 0. The molecule has 0 fully saturated rings. The number of aromatic nitrogens is 3. The lowest BCUT2D eigenvalue weighted by molar-refractivity contribution is -0.0494. The first-order valence-corrected chi connectivity index (χ1v) is 6.12. The molecule has 1 aromatic carbocycles. The van der Waals surface area contributed by atoms with Gasteiger partial charge in [0.15, 0.2) is 10.6 Å². The second-order valence-corrected chi connectivity index (χ2v) is 4.58. The Kier molecular flexibility index (Phi) is 3.94. The molecular formula is C12H13F2N3OS. The van der Waals surface area contributed by atoms with Crippen molar-refractivity contribution in [2.24, 2.45) is 0 Å². The lowest BCUT2D eigenvalue weighted by Gasteiger charge is -2.13. The number of nitrogens with one attached hydrogen (secondary N) is 1. The number of alkyl halides is 2. The topological polar surface area (TPSA) is 42.8 Å². The van der Waals surface area contributed by atoms with Crippen LogP contribution >= 0.6 is 12.2 Å². The van der Waals surface area contributed by atoms with Gasteiger partial charge in [0.05, 0.1) is 5.56 Å². The van der Waals surface area contributed by atoms with Crippen LogP contribution in [0.25, 0.3) is 11.4 Å². The van der Waals surface area contributed by atoms with Crippen LogP contribution in [0, 0.1) is 4.77 Å². The zero-order chi connectivity index (χ0) is 14.0. The van der Waals surface area contributed by atoms with Gasteiger partial charge in [0, 0.05) is 6.04 Å². The molecular weight excluding hydrogens is 272 g/mol. The summed E-state index contributed by atoms with van der Waals surface area (Å²) in [6.45, 7) is 0.993. The maximum absolute atomic E-state index is 12.4. The molecule has 1 N–H and O–H groups in total. The highest BCUT2D eigenvalue weighted by Gasteiger charge is 2.17. The smallest absolute Gasteiger partial charge is 0.387 e. The first-order chi connectivity index (χ1) is 9.00. The molecule has 0 aliphatic carbocycles. The largest absolute Gasteiger partial charge is 0.434 e. The van der Waals surface area contributed by atoms with E-state index in [9.17, 15) is 8.78 Å². The van der Waals surface area contributed by atoms with Crippen LogP contribution in [-0.4, -0.2) is 21.4 Å². The van der Waals surface area contributed by atoms with Crippen molar-refractivity contribution in [2.45, 2.75) is 26.5 Å². The molecule has 102 valence electrons. The first-order valence-electron chi connectivity index (χ1n) is 5.72. The predicted molar refractivity (Wildman–Crippen MR) is 69.9 cm³/mol. The molecule has 0 atom stereocenters. The summed E-state index contributed by atoms with van der Waals surface area (Å²) in [7, 11) is 0. The van der Waals surface area contributed by atoms with Gasteiger partial charge in [0.25, 0.3) is 0 Å². The molecule has 0 saturated heterocycles. The van der Waals surface area contributed by atoms with E-state index in [-0.39, 0.29) is 11.8 Å². The molecule has 0 radical (unpaired) electrons. The highest BCUT2D eigenvalue weighted by Crippen LogP contribution is 2.30. The minimum absolute atomic E-state index is 0.0563. The Bertz CT molecular complexity index is 621. The molecule has 0 bridgehead atoms. The number of halogens is 2. The summed E-state index contributed by atoms with van der Waals surface area (Å²) < 4.78 is 31.5. The van der Waals surface area contributed by atoms with Crippen LogP contribution < -0.4 is 4.74 Å². The molecule has 0 amide bonds. The first kappa shape index (κ1) is 13.7. The second kappa shape index (κ2) is 5.48. The van der Waals surface area contributed by atoms with Gasteiger partial charge in [-0.2, -0.15) is 13.9 Å². The van der Waals surface area contributed by atoms with Crippen molar-refractivity contribution in [3.8, 4) is 17.1 Å². The van der Waals surface area contributed by atoms with E-state index in [2.05, 4.69) is 14.9 Å². The molecule has 0 aliphatic heterocycles. The third-order valence-electron chi connectivity index (χ3n) is 2.56. The van der Waals surface area contributed by atoms with Gasteiger partial charge in [-0.25, -0.2) is 0 Å². The minimum Gasteiger partial charge on any atom is -0.434 e. The van der Waals surface area contributed by atoms with Gasteiger partial charge in [0.2, 0.25) is 0 Å². The third-order valence-corrected chi connectivity index (χ3v) is 2.85. The summed E-state index contributed by atoms with van der Waals surface area (Å²) in [5.41, 5.74) is 0.476. The van der Waals surface area contributed by atoms with Gasteiger partial charge in [-0.3, -0.25) is 9.67 Å². The number of rotatable bonds is 4. The SMILES string of the molecule is CC(C)n1c(-c2ccccc2OC(F)F)n[nH]c1=S. The average Bonchev–Trinajstić information content (AvgIpc) is 2.71. The van der Waals surface area contributed by atoms with E-state index >= 15 is 0 Å². The number of aromatic amines is 1. The van der Waals surface area contributed by atoms with Gasteiger partial charge >= 0.3 is 6.61 Å². The summed E-state index contributed by atoms with van der Waals surface area (Å²) in [5.74, 6) is 0.560. The van der Waals surface area contributed by atoms with E-state index in [0.29, 0.717) is 16.2 Å². The number of para-hydroxylation sites is 1. The lowest BCUT2D eigenvalue weighted by Crippen LogP contribution is -2.07. The van der Waals surface area contributed by atoms with Crippen molar-refractivity contribution >= 4 is 12.2 Å². The number of benzene rings is 1. The van der Waals surface area contributed by atoms with Crippen molar-refractivity contribution in [1.82, 2.24) is 14.8 Å². The van der Waals surface area contributed by atoms with Crippen LogP contribution in [0.1, 0.15) is 19.9 Å². The summed E-state index contributed by atoms with van der Waals surface area (Å²) in [6, 6.07) is 6.56. The van der Waals surface area contributed by atoms with Gasteiger partial charge in [-0.1, -0.05) is 12.1 Å². The molecule has 7 heteroatoms. The molecule has 2 aromatic rings. The normalized spacial score (nSPS) is 11.3.